The number of amides is 1. The van der Waals surface area contributed by atoms with Crippen LogP contribution in [0.1, 0.15) is 12.5 Å². The largest absolute Gasteiger partial charge is 0.497 e. The molecule has 0 saturated carbocycles. The molecule has 0 saturated heterocycles. The number of anilines is 1. The van der Waals surface area contributed by atoms with Crippen molar-refractivity contribution >= 4 is 40.2 Å². The Bertz CT molecular complexity index is 728. The first kappa shape index (κ1) is 19.2. The van der Waals surface area contributed by atoms with E-state index in [1.807, 2.05) is 24.3 Å². The van der Waals surface area contributed by atoms with Crippen molar-refractivity contribution in [2.45, 2.75) is 13.3 Å². The number of halogens is 1. The number of carbonyl (C=O) groups is 2. The van der Waals surface area contributed by atoms with Gasteiger partial charge in [-0.2, -0.15) is 0 Å². The number of carboxylic acid groups (broad SMARTS) is 1. The second kappa shape index (κ2) is 8.84. The normalized spacial score (nSPS) is 12.9. The molecule has 2 aromatic carbocycles. The van der Waals surface area contributed by atoms with Crippen molar-refractivity contribution in [2.24, 2.45) is 11.8 Å². The molecule has 0 spiro atoms. The van der Waals surface area contributed by atoms with Gasteiger partial charge >= 0.3 is 5.97 Å². The van der Waals surface area contributed by atoms with Gasteiger partial charge in [0.05, 0.1) is 13.0 Å². The maximum Gasteiger partial charge on any atom is 0.307 e. The van der Waals surface area contributed by atoms with Crippen LogP contribution in [0.2, 0.25) is 0 Å². The van der Waals surface area contributed by atoms with E-state index in [4.69, 9.17) is 4.74 Å². The maximum absolute atomic E-state index is 12.4. The summed E-state index contributed by atoms with van der Waals surface area (Å²) in [6.07, 6.45) is 0.278. The van der Waals surface area contributed by atoms with Crippen LogP contribution in [0.4, 0.5) is 5.69 Å². The molecule has 2 atom stereocenters. The number of nitrogens with one attached hydrogen (secondary N) is 1. The van der Waals surface area contributed by atoms with Crippen LogP contribution in [-0.4, -0.2) is 24.1 Å². The summed E-state index contributed by atoms with van der Waals surface area (Å²) in [4.78, 5) is 24.1. The summed E-state index contributed by atoms with van der Waals surface area (Å²) in [5, 5.41) is 12.3. The van der Waals surface area contributed by atoms with Gasteiger partial charge in [0.2, 0.25) is 5.91 Å². The smallest absolute Gasteiger partial charge is 0.307 e. The van der Waals surface area contributed by atoms with Crippen LogP contribution in [0.25, 0.3) is 0 Å². The molecular formula is C19H20INO4. The Morgan fingerprint density at radius 1 is 1.12 bits per heavy atom. The lowest BCUT2D eigenvalue weighted by molar-refractivity contribution is -0.145. The monoisotopic (exact) mass is 453 g/mol. The first-order chi connectivity index (χ1) is 11.9. The summed E-state index contributed by atoms with van der Waals surface area (Å²) in [7, 11) is 1.58. The van der Waals surface area contributed by atoms with Crippen LogP contribution in [-0.2, 0) is 16.0 Å². The molecule has 0 unspecified atom stereocenters. The topological polar surface area (TPSA) is 75.6 Å². The van der Waals surface area contributed by atoms with Crippen LogP contribution in [0.15, 0.2) is 48.5 Å². The number of ether oxygens (including phenoxy) is 1. The van der Waals surface area contributed by atoms with E-state index in [0.717, 1.165) is 9.13 Å². The number of hydrogen-bond acceptors (Lipinski definition) is 3. The number of carboxylic acids is 1. The second-order valence-electron chi connectivity index (χ2n) is 5.78. The van der Waals surface area contributed by atoms with Crippen molar-refractivity contribution in [3.05, 3.63) is 57.7 Å². The fourth-order valence-electron chi connectivity index (χ4n) is 2.47. The van der Waals surface area contributed by atoms with E-state index >= 15 is 0 Å². The average Bonchev–Trinajstić information content (AvgIpc) is 2.61. The summed E-state index contributed by atoms with van der Waals surface area (Å²) < 4.78 is 6.16. The highest BCUT2D eigenvalue weighted by atomic mass is 127. The van der Waals surface area contributed by atoms with Gasteiger partial charge in [-0.1, -0.05) is 19.1 Å². The van der Waals surface area contributed by atoms with Gasteiger partial charge in [-0.15, -0.1) is 0 Å². The average molecular weight is 453 g/mol. The molecule has 0 aromatic heterocycles. The summed E-state index contributed by atoms with van der Waals surface area (Å²) in [5.74, 6) is -2.06. The molecule has 0 bridgehead atoms. The molecule has 132 valence electrons. The Hall–Kier alpha value is -2.09. The third kappa shape index (κ3) is 5.45. The molecule has 2 aromatic rings. The standard InChI is InChI=1S/C19H20INO4/c1-12(18(22)21-15-7-5-14(20)6-8-15)17(19(23)24)11-13-3-9-16(25-2)10-4-13/h3-10,12,17H,11H2,1-2H3,(H,21,22)(H,23,24)/t12-,17+/m1/s1. The fraction of sp³-hybridized carbons (Fsp3) is 0.263. The van der Waals surface area contributed by atoms with Crippen molar-refractivity contribution in [3.8, 4) is 5.75 Å². The Labute approximate surface area is 160 Å². The summed E-state index contributed by atoms with van der Waals surface area (Å²) in [6.45, 7) is 1.64. The van der Waals surface area contributed by atoms with Crippen LogP contribution in [0.3, 0.4) is 0 Å². The van der Waals surface area contributed by atoms with Gasteiger partial charge in [-0.05, 0) is 71.0 Å². The van der Waals surface area contributed by atoms with Gasteiger partial charge in [0.15, 0.2) is 0 Å². The summed E-state index contributed by atoms with van der Waals surface area (Å²) in [6, 6.07) is 14.6. The summed E-state index contributed by atoms with van der Waals surface area (Å²) in [5.41, 5.74) is 1.51. The number of hydrogen-bond donors (Lipinski definition) is 2. The van der Waals surface area contributed by atoms with E-state index in [1.165, 1.54) is 0 Å². The van der Waals surface area contributed by atoms with Gasteiger partial charge < -0.3 is 15.2 Å². The molecule has 0 aliphatic heterocycles. The molecule has 2 rings (SSSR count). The molecule has 5 nitrogen and oxygen atoms in total. The Morgan fingerprint density at radius 2 is 1.72 bits per heavy atom. The van der Waals surface area contributed by atoms with Crippen LogP contribution < -0.4 is 10.1 Å². The third-order valence-electron chi connectivity index (χ3n) is 4.06. The first-order valence-electron chi connectivity index (χ1n) is 7.83. The zero-order chi connectivity index (χ0) is 18.4. The number of methoxy groups -OCH3 is 1. The first-order valence-corrected chi connectivity index (χ1v) is 8.90. The number of rotatable bonds is 7. The lowest BCUT2D eigenvalue weighted by Gasteiger charge is -2.20. The van der Waals surface area contributed by atoms with Crippen LogP contribution in [0, 0.1) is 15.4 Å². The molecule has 0 aliphatic carbocycles. The molecule has 6 heteroatoms. The van der Waals surface area contributed by atoms with Crippen LogP contribution >= 0.6 is 22.6 Å². The van der Waals surface area contributed by atoms with Crippen molar-refractivity contribution in [2.75, 3.05) is 12.4 Å². The highest BCUT2D eigenvalue weighted by Crippen LogP contribution is 2.22. The molecule has 25 heavy (non-hydrogen) atoms. The third-order valence-corrected chi connectivity index (χ3v) is 4.78. The van der Waals surface area contributed by atoms with E-state index in [-0.39, 0.29) is 12.3 Å². The number of benzene rings is 2. The van der Waals surface area contributed by atoms with Gasteiger partial charge in [0.25, 0.3) is 0 Å². The van der Waals surface area contributed by atoms with Gasteiger partial charge in [-0.25, -0.2) is 0 Å². The van der Waals surface area contributed by atoms with E-state index in [2.05, 4.69) is 27.9 Å². The predicted octanol–water partition coefficient (Wildman–Crippen LogP) is 3.82. The fourth-order valence-corrected chi connectivity index (χ4v) is 2.83. The molecule has 0 heterocycles. The van der Waals surface area contributed by atoms with Crippen molar-refractivity contribution in [3.63, 3.8) is 0 Å². The lowest BCUT2D eigenvalue weighted by Crippen LogP contribution is -2.33. The Morgan fingerprint density at radius 3 is 2.24 bits per heavy atom. The minimum Gasteiger partial charge on any atom is -0.497 e. The van der Waals surface area contributed by atoms with Crippen LogP contribution in [0.5, 0.6) is 5.75 Å². The lowest BCUT2D eigenvalue weighted by atomic mass is 9.87. The minimum absolute atomic E-state index is 0.278. The highest BCUT2D eigenvalue weighted by Gasteiger charge is 2.30. The predicted molar refractivity (Wildman–Crippen MR) is 105 cm³/mol. The summed E-state index contributed by atoms with van der Waals surface area (Å²) >= 11 is 2.18. The molecular weight excluding hydrogens is 433 g/mol. The van der Waals surface area contributed by atoms with Crippen molar-refractivity contribution < 1.29 is 19.4 Å². The molecule has 0 aliphatic rings. The van der Waals surface area contributed by atoms with E-state index < -0.39 is 17.8 Å². The molecule has 0 radical (unpaired) electrons. The van der Waals surface area contributed by atoms with Gasteiger partial charge in [-0.3, -0.25) is 9.59 Å². The second-order valence-corrected chi connectivity index (χ2v) is 7.03. The highest BCUT2D eigenvalue weighted by molar-refractivity contribution is 14.1. The zero-order valence-electron chi connectivity index (χ0n) is 14.0. The Kier molecular flexibility index (Phi) is 6.81. The van der Waals surface area contributed by atoms with Crippen molar-refractivity contribution in [1.29, 1.82) is 0 Å². The zero-order valence-corrected chi connectivity index (χ0v) is 16.2. The van der Waals surface area contributed by atoms with E-state index in [9.17, 15) is 14.7 Å². The minimum atomic E-state index is -0.985. The van der Waals surface area contributed by atoms with Crippen molar-refractivity contribution in [1.82, 2.24) is 0 Å². The molecule has 0 fully saturated rings. The van der Waals surface area contributed by atoms with Gasteiger partial charge in [0, 0.05) is 15.2 Å². The maximum atomic E-state index is 12.4. The Balaban J connectivity index is 2.07. The van der Waals surface area contributed by atoms with E-state index in [0.29, 0.717) is 11.4 Å². The number of carbonyl (C=O) groups excluding carboxylic acids is 1. The number of aliphatic carboxylic acids is 1. The SMILES string of the molecule is COc1ccc(C[C@H](C(=O)O)[C@@H](C)C(=O)Nc2ccc(I)cc2)cc1. The quantitative estimate of drug-likeness (QED) is 0.626. The van der Waals surface area contributed by atoms with Gasteiger partial charge in [0.1, 0.15) is 5.75 Å². The van der Waals surface area contributed by atoms with E-state index in [1.54, 1.807) is 38.3 Å². The molecule has 2 N–H and O–H groups in total. The molecule has 1 amide bonds.